The molecule has 0 aromatic carbocycles. The van der Waals surface area contributed by atoms with Crippen molar-refractivity contribution in [2.24, 2.45) is 0 Å². The van der Waals surface area contributed by atoms with Gasteiger partial charge in [-0.25, -0.2) is 0 Å². The maximum atomic E-state index is 3.49. The number of hydrogen-bond donors (Lipinski definition) is 1. The van der Waals surface area contributed by atoms with E-state index in [-0.39, 0.29) is 0 Å². The number of nitrogens with zero attached hydrogens (tertiary/aromatic N) is 1. The van der Waals surface area contributed by atoms with Crippen LogP contribution in [0.3, 0.4) is 0 Å². The number of hydrogen-bond acceptors (Lipinski definition) is 3. The molecule has 1 aromatic heterocycles. The van der Waals surface area contributed by atoms with Crippen LogP contribution in [0.2, 0.25) is 0 Å². The van der Waals surface area contributed by atoms with Crippen LogP contribution in [0.15, 0.2) is 6.07 Å². The molecule has 0 saturated carbocycles. The Labute approximate surface area is 123 Å². The predicted molar refractivity (Wildman–Crippen MR) is 86.9 cm³/mol. The summed E-state index contributed by atoms with van der Waals surface area (Å²) in [5, 5.41) is 3.49. The Bertz CT molecular complexity index is 347. The van der Waals surface area contributed by atoms with Crippen molar-refractivity contribution in [1.29, 1.82) is 0 Å². The first-order valence-corrected chi connectivity index (χ1v) is 8.54. The van der Waals surface area contributed by atoms with E-state index >= 15 is 0 Å². The first kappa shape index (κ1) is 16.7. The van der Waals surface area contributed by atoms with Crippen LogP contribution in [0.4, 0.5) is 0 Å². The molecule has 0 aliphatic carbocycles. The molecule has 2 nitrogen and oxygen atoms in total. The van der Waals surface area contributed by atoms with Gasteiger partial charge in [0.25, 0.3) is 0 Å². The van der Waals surface area contributed by atoms with E-state index in [0.717, 1.165) is 26.2 Å². The molecule has 1 aromatic rings. The van der Waals surface area contributed by atoms with Crippen molar-refractivity contribution >= 4 is 11.3 Å². The van der Waals surface area contributed by atoms with Crippen molar-refractivity contribution < 1.29 is 0 Å². The zero-order valence-electron chi connectivity index (χ0n) is 13.1. The maximum Gasteiger partial charge on any atom is 0.0299 e. The van der Waals surface area contributed by atoms with Crippen molar-refractivity contribution in [3.63, 3.8) is 0 Å². The molecule has 0 atom stereocenters. The fraction of sp³-hybridized carbons (Fsp3) is 0.750. The fourth-order valence-corrected chi connectivity index (χ4v) is 3.21. The number of thiophene rings is 1. The summed E-state index contributed by atoms with van der Waals surface area (Å²) in [5.41, 5.74) is 1.52. The standard InChI is InChI=1S/C16H30N2S/c1-5-8-10-18(7-3)13-15-11-16(19-14(15)4)12-17-9-6-2/h11,17H,5-10,12-13H2,1-4H3. The zero-order chi connectivity index (χ0) is 14.1. The molecule has 0 fully saturated rings. The van der Waals surface area contributed by atoms with Crippen molar-refractivity contribution in [2.75, 3.05) is 19.6 Å². The Kier molecular flexibility index (Phi) is 8.35. The Morgan fingerprint density at radius 1 is 1.21 bits per heavy atom. The molecule has 0 amide bonds. The molecule has 110 valence electrons. The molecular formula is C16H30N2S. The number of unbranched alkanes of at least 4 members (excludes halogenated alkanes) is 1. The lowest BCUT2D eigenvalue weighted by atomic mass is 10.2. The third kappa shape index (κ3) is 6.07. The predicted octanol–water partition coefficient (Wildman–Crippen LogP) is 4.18. The molecule has 0 spiro atoms. The molecule has 0 saturated heterocycles. The summed E-state index contributed by atoms with van der Waals surface area (Å²) in [5.74, 6) is 0. The summed E-state index contributed by atoms with van der Waals surface area (Å²) in [6.45, 7) is 14.6. The van der Waals surface area contributed by atoms with Gasteiger partial charge in [0.2, 0.25) is 0 Å². The Morgan fingerprint density at radius 2 is 2.00 bits per heavy atom. The highest BCUT2D eigenvalue weighted by molar-refractivity contribution is 7.12. The molecule has 1 heterocycles. The zero-order valence-corrected chi connectivity index (χ0v) is 13.9. The van der Waals surface area contributed by atoms with Gasteiger partial charge in [-0.3, -0.25) is 4.90 Å². The van der Waals surface area contributed by atoms with Gasteiger partial charge in [0.05, 0.1) is 0 Å². The second-order valence-corrected chi connectivity index (χ2v) is 6.53. The van der Waals surface area contributed by atoms with E-state index in [1.165, 1.54) is 41.1 Å². The van der Waals surface area contributed by atoms with E-state index in [2.05, 4.69) is 44.0 Å². The molecule has 0 aliphatic rings. The topological polar surface area (TPSA) is 15.3 Å². The lowest BCUT2D eigenvalue weighted by Crippen LogP contribution is -2.24. The SMILES string of the molecule is CCCCN(CC)Cc1cc(CNCCC)sc1C. The largest absolute Gasteiger partial charge is 0.312 e. The van der Waals surface area contributed by atoms with Gasteiger partial charge in [0, 0.05) is 22.8 Å². The summed E-state index contributed by atoms with van der Waals surface area (Å²) in [4.78, 5) is 5.53. The smallest absolute Gasteiger partial charge is 0.0299 e. The fourth-order valence-electron chi connectivity index (χ4n) is 2.19. The normalized spacial score (nSPS) is 11.4. The van der Waals surface area contributed by atoms with Gasteiger partial charge < -0.3 is 5.32 Å². The van der Waals surface area contributed by atoms with E-state index < -0.39 is 0 Å². The molecule has 0 bridgehead atoms. The average molecular weight is 282 g/mol. The highest BCUT2D eigenvalue weighted by atomic mass is 32.1. The Hall–Kier alpha value is -0.380. The minimum Gasteiger partial charge on any atom is -0.312 e. The molecule has 0 unspecified atom stereocenters. The van der Waals surface area contributed by atoms with E-state index in [4.69, 9.17) is 0 Å². The quantitative estimate of drug-likeness (QED) is 0.648. The third-order valence-electron chi connectivity index (χ3n) is 3.47. The number of nitrogens with one attached hydrogen (secondary N) is 1. The van der Waals surface area contributed by atoms with Crippen LogP contribution < -0.4 is 5.32 Å². The van der Waals surface area contributed by atoms with Crippen molar-refractivity contribution in [3.8, 4) is 0 Å². The van der Waals surface area contributed by atoms with E-state index in [1.807, 2.05) is 11.3 Å². The van der Waals surface area contributed by atoms with Gasteiger partial charge in [-0.15, -0.1) is 11.3 Å². The molecule has 3 heteroatoms. The minimum atomic E-state index is 1.03. The van der Waals surface area contributed by atoms with Gasteiger partial charge >= 0.3 is 0 Å². The first-order valence-electron chi connectivity index (χ1n) is 7.72. The van der Waals surface area contributed by atoms with Gasteiger partial charge in [0.15, 0.2) is 0 Å². The molecule has 0 aliphatic heterocycles. The Balaban J connectivity index is 2.52. The van der Waals surface area contributed by atoms with Crippen molar-refractivity contribution in [3.05, 3.63) is 21.4 Å². The number of rotatable bonds is 10. The summed E-state index contributed by atoms with van der Waals surface area (Å²) < 4.78 is 0. The van der Waals surface area contributed by atoms with Crippen LogP contribution in [0.5, 0.6) is 0 Å². The number of aryl methyl sites for hydroxylation is 1. The van der Waals surface area contributed by atoms with Crippen LogP contribution in [0.1, 0.15) is 55.4 Å². The monoisotopic (exact) mass is 282 g/mol. The van der Waals surface area contributed by atoms with Crippen LogP contribution in [-0.4, -0.2) is 24.5 Å². The second-order valence-electron chi connectivity index (χ2n) is 5.19. The Morgan fingerprint density at radius 3 is 2.63 bits per heavy atom. The van der Waals surface area contributed by atoms with Gasteiger partial charge in [-0.1, -0.05) is 27.2 Å². The van der Waals surface area contributed by atoms with E-state index in [9.17, 15) is 0 Å². The maximum absolute atomic E-state index is 3.49. The van der Waals surface area contributed by atoms with Crippen molar-refractivity contribution in [2.45, 2.75) is 60.0 Å². The van der Waals surface area contributed by atoms with E-state index in [0.29, 0.717) is 0 Å². The molecule has 1 N–H and O–H groups in total. The summed E-state index contributed by atoms with van der Waals surface area (Å²) in [6, 6.07) is 2.40. The first-order chi connectivity index (χ1) is 9.21. The highest BCUT2D eigenvalue weighted by Gasteiger charge is 2.09. The van der Waals surface area contributed by atoms with E-state index in [1.54, 1.807) is 0 Å². The summed E-state index contributed by atoms with van der Waals surface area (Å²) >= 11 is 1.95. The minimum absolute atomic E-state index is 1.03. The summed E-state index contributed by atoms with van der Waals surface area (Å²) in [6.07, 6.45) is 3.80. The van der Waals surface area contributed by atoms with Crippen LogP contribution in [0, 0.1) is 6.92 Å². The third-order valence-corrected chi connectivity index (χ3v) is 4.56. The van der Waals surface area contributed by atoms with Crippen LogP contribution in [0.25, 0.3) is 0 Å². The second kappa shape index (κ2) is 9.51. The van der Waals surface area contributed by atoms with Gasteiger partial charge in [0.1, 0.15) is 0 Å². The summed E-state index contributed by atoms with van der Waals surface area (Å²) in [7, 11) is 0. The lowest BCUT2D eigenvalue weighted by molar-refractivity contribution is 0.275. The molecule has 1 rings (SSSR count). The van der Waals surface area contributed by atoms with Gasteiger partial charge in [-0.05, 0) is 51.0 Å². The average Bonchev–Trinajstić information content (AvgIpc) is 2.75. The van der Waals surface area contributed by atoms with Crippen LogP contribution in [-0.2, 0) is 13.1 Å². The molecule has 0 radical (unpaired) electrons. The molecular weight excluding hydrogens is 252 g/mol. The lowest BCUT2D eigenvalue weighted by Gasteiger charge is -2.19. The van der Waals surface area contributed by atoms with Crippen molar-refractivity contribution in [1.82, 2.24) is 10.2 Å². The molecule has 19 heavy (non-hydrogen) atoms. The van der Waals surface area contributed by atoms with Crippen LogP contribution >= 0.6 is 11.3 Å². The van der Waals surface area contributed by atoms with Gasteiger partial charge in [-0.2, -0.15) is 0 Å². The highest BCUT2D eigenvalue weighted by Crippen LogP contribution is 2.23.